The van der Waals surface area contributed by atoms with Gasteiger partial charge in [0.25, 0.3) is 0 Å². The summed E-state index contributed by atoms with van der Waals surface area (Å²) in [6.07, 6.45) is 30.5. The lowest BCUT2D eigenvalue weighted by molar-refractivity contribution is -0.166. The van der Waals surface area contributed by atoms with Crippen molar-refractivity contribution in [1.29, 1.82) is 0 Å². The molecule has 0 rings (SSSR count). The lowest BCUT2D eigenvalue weighted by Crippen LogP contribution is -2.57. The number of hydrogen-bond donors (Lipinski definition) is 3. The Morgan fingerprint density at radius 3 is 1.18 bits per heavy atom. The third-order valence-corrected chi connectivity index (χ3v) is 8.18. The first kappa shape index (κ1) is 39.0. The van der Waals surface area contributed by atoms with Gasteiger partial charge in [-0.1, -0.05) is 142 Å². The maximum Gasteiger partial charge on any atom is 0.209 e. The van der Waals surface area contributed by atoms with Crippen molar-refractivity contribution in [2.45, 2.75) is 192 Å². The fraction of sp³-hybridized carbons (Fsp3) is 0.886. The van der Waals surface area contributed by atoms with Gasteiger partial charge in [0.15, 0.2) is 11.6 Å². The van der Waals surface area contributed by atoms with Gasteiger partial charge in [-0.2, -0.15) is 0 Å². The first-order chi connectivity index (χ1) is 19.4. The topological polar surface area (TPSA) is 94.8 Å². The van der Waals surface area contributed by atoms with Gasteiger partial charge in [0.1, 0.15) is 6.10 Å². The highest BCUT2D eigenvalue weighted by atomic mass is 16.4. The van der Waals surface area contributed by atoms with E-state index >= 15 is 0 Å². The van der Waals surface area contributed by atoms with E-state index in [2.05, 4.69) is 26.0 Å². The standard InChI is InChI=1S/C35H66O5/c1-3-5-7-9-11-13-15-16-17-18-20-22-24-26-28-30-33(38)35(40,34(39)31-36)32(37)29-27-25-23-21-19-14-12-10-8-6-4-2/h16-17,34,36,39-40H,3-15,18-31H2,1-2H3/b17-16-. The van der Waals surface area contributed by atoms with Gasteiger partial charge in [-0.25, -0.2) is 0 Å². The quantitative estimate of drug-likeness (QED) is 0.0442. The molecule has 0 aromatic heterocycles. The van der Waals surface area contributed by atoms with Gasteiger partial charge in [0.05, 0.1) is 6.61 Å². The number of aliphatic hydroxyl groups excluding tert-OH is 2. The molecule has 0 spiro atoms. The van der Waals surface area contributed by atoms with Crippen LogP contribution in [0.15, 0.2) is 12.2 Å². The van der Waals surface area contributed by atoms with Crippen LogP contribution in [0.1, 0.15) is 181 Å². The van der Waals surface area contributed by atoms with Crippen LogP contribution in [0.25, 0.3) is 0 Å². The van der Waals surface area contributed by atoms with E-state index in [-0.39, 0.29) is 12.8 Å². The molecule has 0 aromatic carbocycles. The summed E-state index contributed by atoms with van der Waals surface area (Å²) in [6.45, 7) is 3.67. The molecule has 5 heteroatoms. The van der Waals surface area contributed by atoms with Gasteiger partial charge in [-0.05, 0) is 38.5 Å². The minimum absolute atomic E-state index is 0.0513. The van der Waals surface area contributed by atoms with Crippen LogP contribution < -0.4 is 0 Å². The van der Waals surface area contributed by atoms with Crippen LogP contribution in [0, 0.1) is 0 Å². The van der Waals surface area contributed by atoms with Crippen LogP contribution >= 0.6 is 0 Å². The van der Waals surface area contributed by atoms with Crippen molar-refractivity contribution in [3.63, 3.8) is 0 Å². The second-order valence-corrected chi connectivity index (χ2v) is 11.9. The minimum atomic E-state index is -2.48. The number of carbonyl (C=O) groups excluding carboxylic acids is 2. The molecule has 40 heavy (non-hydrogen) atoms. The molecule has 0 heterocycles. The summed E-state index contributed by atoms with van der Waals surface area (Å²) < 4.78 is 0. The number of rotatable bonds is 31. The summed E-state index contributed by atoms with van der Waals surface area (Å²) in [5.41, 5.74) is -2.48. The fourth-order valence-electron chi connectivity index (χ4n) is 5.35. The van der Waals surface area contributed by atoms with E-state index < -0.39 is 29.9 Å². The molecule has 0 aliphatic rings. The summed E-state index contributed by atoms with van der Waals surface area (Å²) >= 11 is 0. The lowest BCUT2D eigenvalue weighted by Gasteiger charge is -2.29. The van der Waals surface area contributed by atoms with Crippen LogP contribution in [0.5, 0.6) is 0 Å². The number of carbonyl (C=O) groups is 2. The Labute approximate surface area is 247 Å². The van der Waals surface area contributed by atoms with Crippen LogP contribution in [0.2, 0.25) is 0 Å². The Hall–Kier alpha value is -1.04. The number of hydrogen-bond acceptors (Lipinski definition) is 5. The molecular weight excluding hydrogens is 500 g/mol. The van der Waals surface area contributed by atoms with Crippen molar-refractivity contribution in [3.05, 3.63) is 12.2 Å². The number of aliphatic hydroxyl groups is 3. The second kappa shape index (κ2) is 28.1. The Kier molecular flexibility index (Phi) is 27.4. The highest BCUT2D eigenvalue weighted by Gasteiger charge is 2.48. The molecule has 0 aliphatic carbocycles. The third kappa shape index (κ3) is 19.9. The third-order valence-electron chi connectivity index (χ3n) is 8.18. The van der Waals surface area contributed by atoms with E-state index in [4.69, 9.17) is 0 Å². The van der Waals surface area contributed by atoms with Crippen molar-refractivity contribution < 1.29 is 24.9 Å². The van der Waals surface area contributed by atoms with E-state index in [1.165, 1.54) is 89.9 Å². The lowest BCUT2D eigenvalue weighted by atomic mass is 9.82. The van der Waals surface area contributed by atoms with Crippen molar-refractivity contribution in [2.24, 2.45) is 0 Å². The summed E-state index contributed by atoms with van der Waals surface area (Å²) in [5, 5.41) is 30.5. The van der Waals surface area contributed by atoms with Gasteiger partial charge < -0.3 is 15.3 Å². The van der Waals surface area contributed by atoms with E-state index in [1.54, 1.807) is 0 Å². The summed E-state index contributed by atoms with van der Waals surface area (Å²) in [6, 6.07) is 0. The number of ketones is 2. The average Bonchev–Trinajstić information content (AvgIpc) is 2.96. The fourth-order valence-corrected chi connectivity index (χ4v) is 5.35. The van der Waals surface area contributed by atoms with Crippen LogP contribution in [0.3, 0.4) is 0 Å². The van der Waals surface area contributed by atoms with Gasteiger partial charge in [0.2, 0.25) is 5.60 Å². The first-order valence-corrected chi connectivity index (χ1v) is 17.2. The second-order valence-electron chi connectivity index (χ2n) is 11.9. The van der Waals surface area contributed by atoms with Crippen LogP contribution in [-0.2, 0) is 9.59 Å². The maximum absolute atomic E-state index is 12.8. The monoisotopic (exact) mass is 566 g/mol. The molecular formula is C35H66O5. The predicted octanol–water partition coefficient (Wildman–Crippen LogP) is 8.95. The highest BCUT2D eigenvalue weighted by molar-refractivity contribution is 6.10. The van der Waals surface area contributed by atoms with Crippen molar-refractivity contribution in [3.8, 4) is 0 Å². The Morgan fingerprint density at radius 1 is 0.550 bits per heavy atom. The molecule has 0 aliphatic heterocycles. The molecule has 236 valence electrons. The van der Waals surface area contributed by atoms with Crippen molar-refractivity contribution in [1.82, 2.24) is 0 Å². The molecule has 2 unspecified atom stereocenters. The van der Waals surface area contributed by atoms with Gasteiger partial charge >= 0.3 is 0 Å². The molecule has 0 radical (unpaired) electrons. The molecule has 0 saturated heterocycles. The van der Waals surface area contributed by atoms with Gasteiger partial charge in [-0.15, -0.1) is 0 Å². The predicted molar refractivity (Wildman–Crippen MR) is 169 cm³/mol. The number of allylic oxidation sites excluding steroid dienone is 2. The molecule has 0 saturated carbocycles. The minimum Gasteiger partial charge on any atom is -0.394 e. The number of Topliss-reactive ketones (excluding diaryl/α,β-unsaturated/α-hetero) is 2. The van der Waals surface area contributed by atoms with Crippen molar-refractivity contribution in [2.75, 3.05) is 6.61 Å². The summed E-state index contributed by atoms with van der Waals surface area (Å²) in [7, 11) is 0. The maximum atomic E-state index is 12.8. The normalized spacial score (nSPS) is 14.0. The molecule has 0 amide bonds. The summed E-state index contributed by atoms with van der Waals surface area (Å²) in [4.78, 5) is 25.6. The van der Waals surface area contributed by atoms with E-state index in [1.807, 2.05) is 0 Å². The van der Waals surface area contributed by atoms with E-state index in [0.717, 1.165) is 51.4 Å². The molecule has 3 N–H and O–H groups in total. The van der Waals surface area contributed by atoms with Gasteiger partial charge in [0, 0.05) is 12.8 Å². The zero-order valence-corrected chi connectivity index (χ0v) is 26.5. The molecule has 0 bridgehead atoms. The average molecular weight is 567 g/mol. The zero-order valence-electron chi connectivity index (χ0n) is 26.5. The Bertz CT molecular complexity index is 617. The Balaban J connectivity index is 4.04. The highest BCUT2D eigenvalue weighted by Crippen LogP contribution is 2.22. The van der Waals surface area contributed by atoms with E-state index in [0.29, 0.717) is 12.8 Å². The molecule has 0 aromatic rings. The molecule has 5 nitrogen and oxygen atoms in total. The smallest absolute Gasteiger partial charge is 0.209 e. The SMILES string of the molecule is CCCCCCCC/C=C\CCCCCCCC(=O)C(O)(C(=O)CCCCCCCCCCCCC)C(O)CO. The first-order valence-electron chi connectivity index (χ1n) is 17.2. The van der Waals surface area contributed by atoms with E-state index in [9.17, 15) is 24.9 Å². The van der Waals surface area contributed by atoms with Crippen molar-refractivity contribution >= 4 is 11.6 Å². The largest absolute Gasteiger partial charge is 0.394 e. The van der Waals surface area contributed by atoms with Gasteiger partial charge in [-0.3, -0.25) is 9.59 Å². The zero-order chi connectivity index (χ0) is 29.7. The summed E-state index contributed by atoms with van der Waals surface area (Å²) in [5.74, 6) is -1.30. The number of unbranched alkanes of at least 4 members (excludes halogenated alkanes) is 21. The molecule has 2 atom stereocenters. The molecule has 0 fully saturated rings. The Morgan fingerprint density at radius 2 is 0.850 bits per heavy atom. The van der Waals surface area contributed by atoms with Crippen LogP contribution in [0.4, 0.5) is 0 Å². The van der Waals surface area contributed by atoms with Crippen LogP contribution in [-0.4, -0.2) is 45.2 Å².